The van der Waals surface area contributed by atoms with E-state index in [1.165, 1.54) is 161 Å². The molecule has 0 radical (unpaired) electrons. The first-order chi connectivity index (χ1) is 29.0. The molecule has 1 unspecified atom stereocenters. The monoisotopic (exact) mass is 873 g/mol. The zero-order chi connectivity index (χ0) is 44.3. The molecule has 0 aromatic carbocycles. The lowest BCUT2D eigenvalue weighted by Gasteiger charge is -2.24. The standard InChI is InChI=1S/C50H98NO8P/c1-6-8-10-12-14-16-18-20-21-22-23-24-25-26-27-28-29-31-33-35-37-39-41-43-50(53)59-48(47-58-60(54,55)57-45-44-51(3,4)5)46-56-49(52)42-40-38-36-34-32-30-19-17-15-13-11-9-7-2/h17,19,48H,6-16,18,20-47H2,1-5H3/p+1/b19-17+/t48-/m1/s1. The zero-order valence-corrected chi connectivity index (χ0v) is 41.1. The number of ether oxygens (including phenoxy) is 2. The fourth-order valence-electron chi connectivity index (χ4n) is 7.31. The first-order valence-corrected chi connectivity index (χ1v) is 26.9. The van der Waals surface area contributed by atoms with Crippen LogP contribution in [-0.2, 0) is 32.7 Å². The van der Waals surface area contributed by atoms with Gasteiger partial charge in [-0.3, -0.25) is 18.6 Å². The molecule has 9 nitrogen and oxygen atoms in total. The number of carbonyl (C=O) groups excluding carboxylic acids is 2. The molecule has 0 aromatic rings. The summed E-state index contributed by atoms with van der Waals surface area (Å²) in [4.78, 5) is 35.5. The number of phosphoric ester groups is 1. The minimum absolute atomic E-state index is 0.0338. The lowest BCUT2D eigenvalue weighted by atomic mass is 10.0. The van der Waals surface area contributed by atoms with Crippen molar-refractivity contribution in [3.63, 3.8) is 0 Å². The van der Waals surface area contributed by atoms with Gasteiger partial charge in [-0.05, 0) is 38.5 Å². The van der Waals surface area contributed by atoms with Crippen LogP contribution < -0.4 is 0 Å². The molecule has 0 rings (SSSR count). The van der Waals surface area contributed by atoms with Gasteiger partial charge in [0.25, 0.3) is 0 Å². The van der Waals surface area contributed by atoms with E-state index in [1.54, 1.807) is 0 Å². The van der Waals surface area contributed by atoms with Gasteiger partial charge < -0.3 is 18.9 Å². The molecule has 60 heavy (non-hydrogen) atoms. The first-order valence-electron chi connectivity index (χ1n) is 25.4. The van der Waals surface area contributed by atoms with E-state index in [-0.39, 0.29) is 32.0 Å². The number of esters is 2. The number of allylic oxidation sites excluding steroid dienone is 2. The summed E-state index contributed by atoms with van der Waals surface area (Å²) in [7, 11) is 1.49. The fraction of sp³-hybridized carbons (Fsp3) is 0.920. The normalized spacial score (nSPS) is 13.5. The summed E-state index contributed by atoms with van der Waals surface area (Å²) in [6.45, 7) is 4.44. The number of hydrogen-bond donors (Lipinski definition) is 1. The predicted molar refractivity (Wildman–Crippen MR) is 252 cm³/mol. The van der Waals surface area contributed by atoms with E-state index in [1.807, 2.05) is 21.1 Å². The van der Waals surface area contributed by atoms with Gasteiger partial charge in [-0.15, -0.1) is 0 Å². The Labute approximate surface area is 371 Å². The van der Waals surface area contributed by atoms with Crippen LogP contribution in [0.1, 0.15) is 245 Å². The molecule has 0 heterocycles. The van der Waals surface area contributed by atoms with E-state index in [0.29, 0.717) is 17.4 Å². The third-order valence-corrected chi connectivity index (χ3v) is 12.3. The van der Waals surface area contributed by atoms with Crippen molar-refractivity contribution in [3.8, 4) is 0 Å². The summed E-state index contributed by atoms with van der Waals surface area (Å²) in [6.07, 6.45) is 47.0. The lowest BCUT2D eigenvalue weighted by molar-refractivity contribution is -0.870. The van der Waals surface area contributed by atoms with Gasteiger partial charge in [-0.25, -0.2) is 4.57 Å². The number of hydrogen-bond acceptors (Lipinski definition) is 7. The Morgan fingerprint density at radius 1 is 0.500 bits per heavy atom. The number of unbranched alkanes of at least 4 members (excludes halogenated alkanes) is 31. The van der Waals surface area contributed by atoms with Crippen LogP contribution >= 0.6 is 7.82 Å². The van der Waals surface area contributed by atoms with E-state index in [2.05, 4.69) is 26.0 Å². The van der Waals surface area contributed by atoms with Crippen LogP contribution in [0.25, 0.3) is 0 Å². The van der Waals surface area contributed by atoms with Crippen LogP contribution in [-0.4, -0.2) is 74.9 Å². The number of carbonyl (C=O) groups is 2. The van der Waals surface area contributed by atoms with Crippen LogP contribution in [0.2, 0.25) is 0 Å². The fourth-order valence-corrected chi connectivity index (χ4v) is 8.05. The number of phosphoric acid groups is 1. The lowest BCUT2D eigenvalue weighted by Crippen LogP contribution is -2.37. The topological polar surface area (TPSA) is 108 Å². The van der Waals surface area contributed by atoms with Crippen LogP contribution in [0.15, 0.2) is 12.2 Å². The Balaban J connectivity index is 4.17. The summed E-state index contributed by atoms with van der Waals surface area (Å²) in [6, 6.07) is 0. The van der Waals surface area contributed by atoms with E-state index >= 15 is 0 Å². The molecule has 1 N–H and O–H groups in total. The molecule has 356 valence electrons. The third-order valence-electron chi connectivity index (χ3n) is 11.3. The highest BCUT2D eigenvalue weighted by Crippen LogP contribution is 2.43. The largest absolute Gasteiger partial charge is 0.472 e. The smallest absolute Gasteiger partial charge is 0.462 e. The Hall–Kier alpha value is -1.25. The summed E-state index contributed by atoms with van der Waals surface area (Å²) < 4.78 is 34.4. The van der Waals surface area contributed by atoms with Crippen LogP contribution in [0.5, 0.6) is 0 Å². The maximum atomic E-state index is 12.7. The highest BCUT2D eigenvalue weighted by atomic mass is 31.2. The van der Waals surface area contributed by atoms with E-state index < -0.39 is 26.5 Å². The molecule has 0 aliphatic carbocycles. The minimum atomic E-state index is -4.37. The van der Waals surface area contributed by atoms with Crippen molar-refractivity contribution in [2.24, 2.45) is 0 Å². The molecule has 0 fully saturated rings. The van der Waals surface area contributed by atoms with Gasteiger partial charge >= 0.3 is 19.8 Å². The Kier molecular flexibility index (Phi) is 42.1. The van der Waals surface area contributed by atoms with E-state index in [4.69, 9.17) is 18.5 Å². The van der Waals surface area contributed by atoms with Crippen molar-refractivity contribution < 1.29 is 42.1 Å². The van der Waals surface area contributed by atoms with Gasteiger partial charge in [0, 0.05) is 12.8 Å². The van der Waals surface area contributed by atoms with Crippen LogP contribution in [0.3, 0.4) is 0 Å². The van der Waals surface area contributed by atoms with Gasteiger partial charge in [-0.2, -0.15) is 0 Å². The SMILES string of the molecule is CCCCCC/C=C/CCCCCCCC(=O)OC[C@H](COP(=O)(O)OCC[N+](C)(C)C)OC(=O)CCCCCCCCCCCCCCCCCCCCCCCCC. The Bertz CT molecular complexity index is 1030. The second kappa shape index (κ2) is 43.0. The van der Waals surface area contributed by atoms with Gasteiger partial charge in [-0.1, -0.05) is 206 Å². The second-order valence-corrected chi connectivity index (χ2v) is 20.0. The maximum absolute atomic E-state index is 12.7. The summed E-state index contributed by atoms with van der Waals surface area (Å²) in [5.41, 5.74) is 0. The molecular weight excluding hydrogens is 774 g/mol. The van der Waals surface area contributed by atoms with Crippen molar-refractivity contribution in [2.45, 2.75) is 251 Å². The molecule has 0 aliphatic rings. The molecular formula is C50H99NO8P+. The number of likely N-dealkylation sites (N-methyl/N-ethyl adjacent to an activating group) is 1. The maximum Gasteiger partial charge on any atom is 0.472 e. The van der Waals surface area contributed by atoms with E-state index in [9.17, 15) is 19.0 Å². The van der Waals surface area contributed by atoms with Crippen molar-refractivity contribution in [2.75, 3.05) is 47.5 Å². The van der Waals surface area contributed by atoms with Crippen molar-refractivity contribution in [1.29, 1.82) is 0 Å². The number of rotatable bonds is 47. The average Bonchev–Trinajstić information content (AvgIpc) is 3.20. The third kappa shape index (κ3) is 46.3. The van der Waals surface area contributed by atoms with Crippen molar-refractivity contribution in [1.82, 2.24) is 0 Å². The van der Waals surface area contributed by atoms with Gasteiger partial charge in [0.2, 0.25) is 0 Å². The Morgan fingerprint density at radius 2 is 0.850 bits per heavy atom. The summed E-state index contributed by atoms with van der Waals surface area (Å²) >= 11 is 0. The molecule has 10 heteroatoms. The zero-order valence-electron chi connectivity index (χ0n) is 40.2. The predicted octanol–water partition coefficient (Wildman–Crippen LogP) is 14.9. The second-order valence-electron chi connectivity index (χ2n) is 18.6. The molecule has 0 spiro atoms. The van der Waals surface area contributed by atoms with Crippen molar-refractivity contribution in [3.05, 3.63) is 12.2 Å². The molecule has 0 saturated carbocycles. The molecule has 0 amide bonds. The molecule has 0 aliphatic heterocycles. The molecule has 2 atom stereocenters. The number of nitrogens with zero attached hydrogens (tertiary/aromatic N) is 1. The number of quaternary nitrogens is 1. The molecule has 0 bridgehead atoms. The minimum Gasteiger partial charge on any atom is -0.462 e. The molecule has 0 saturated heterocycles. The van der Waals surface area contributed by atoms with Gasteiger partial charge in [0.15, 0.2) is 6.10 Å². The first kappa shape index (κ1) is 58.8. The highest BCUT2D eigenvalue weighted by molar-refractivity contribution is 7.47. The summed E-state index contributed by atoms with van der Waals surface area (Å²) in [5.74, 6) is -0.795. The summed E-state index contributed by atoms with van der Waals surface area (Å²) in [5, 5.41) is 0. The molecule has 0 aromatic heterocycles. The van der Waals surface area contributed by atoms with E-state index in [0.717, 1.165) is 51.4 Å². The van der Waals surface area contributed by atoms with Crippen molar-refractivity contribution >= 4 is 19.8 Å². The highest BCUT2D eigenvalue weighted by Gasteiger charge is 2.27. The van der Waals surface area contributed by atoms with Gasteiger partial charge in [0.05, 0.1) is 27.7 Å². The van der Waals surface area contributed by atoms with Crippen LogP contribution in [0, 0.1) is 0 Å². The quantitative estimate of drug-likeness (QED) is 0.0212. The van der Waals surface area contributed by atoms with Gasteiger partial charge in [0.1, 0.15) is 19.8 Å². The Morgan fingerprint density at radius 3 is 1.25 bits per heavy atom. The average molecular weight is 873 g/mol. The van der Waals surface area contributed by atoms with Crippen LogP contribution in [0.4, 0.5) is 0 Å².